The molecule has 0 unspecified atom stereocenters. The number of aromatic nitrogens is 2. The lowest BCUT2D eigenvalue weighted by Gasteiger charge is -2.13. The Kier molecular flexibility index (Phi) is 5.38. The number of halogens is 3. The van der Waals surface area contributed by atoms with E-state index in [4.69, 9.17) is 16.3 Å². The molecule has 0 saturated heterocycles. The molecule has 1 amide bonds. The first-order valence-corrected chi connectivity index (χ1v) is 7.00. The van der Waals surface area contributed by atoms with Crippen molar-refractivity contribution >= 4 is 23.2 Å². The summed E-state index contributed by atoms with van der Waals surface area (Å²) in [6.45, 7) is -1.01. The highest BCUT2D eigenvalue weighted by atomic mass is 35.5. The van der Waals surface area contributed by atoms with Gasteiger partial charge in [0.2, 0.25) is 0 Å². The largest absolute Gasteiger partial charge is 0.490 e. The van der Waals surface area contributed by atoms with Crippen LogP contribution >= 0.6 is 11.6 Å². The first-order valence-electron chi connectivity index (χ1n) is 6.63. The predicted molar refractivity (Wildman–Crippen MR) is 80.4 cm³/mol. The predicted octanol–water partition coefficient (Wildman–Crippen LogP) is 3.33. The monoisotopic (exact) mass is 345 g/mol. The summed E-state index contributed by atoms with van der Waals surface area (Å²) in [5.74, 6) is -0.500. The van der Waals surface area contributed by atoms with Crippen LogP contribution in [0.3, 0.4) is 0 Å². The highest BCUT2D eigenvalue weighted by molar-refractivity contribution is 6.34. The quantitative estimate of drug-likeness (QED) is 0.872. The lowest BCUT2D eigenvalue weighted by molar-refractivity contribution is -0.0514. The van der Waals surface area contributed by atoms with Crippen molar-refractivity contribution in [3.63, 3.8) is 0 Å². The van der Waals surface area contributed by atoms with E-state index in [0.29, 0.717) is 5.69 Å². The van der Waals surface area contributed by atoms with Gasteiger partial charge in [-0.25, -0.2) is 0 Å². The van der Waals surface area contributed by atoms with Crippen LogP contribution in [0.4, 0.5) is 14.5 Å². The van der Waals surface area contributed by atoms with Crippen LogP contribution in [0.2, 0.25) is 5.02 Å². The number of nitrogens with one attached hydrogen (secondary N) is 1. The maximum Gasteiger partial charge on any atom is 0.387 e. The summed E-state index contributed by atoms with van der Waals surface area (Å²) in [5, 5.41) is 6.67. The number of benzene rings is 1. The van der Waals surface area contributed by atoms with Crippen molar-refractivity contribution in [3.05, 3.63) is 35.1 Å². The number of alkyl halides is 2. The topological polar surface area (TPSA) is 65.4 Å². The van der Waals surface area contributed by atoms with Crippen molar-refractivity contribution < 1.29 is 23.0 Å². The molecule has 0 saturated carbocycles. The fraction of sp³-hybridized carbons (Fsp3) is 0.286. The van der Waals surface area contributed by atoms with Crippen LogP contribution in [-0.4, -0.2) is 28.9 Å². The highest BCUT2D eigenvalue weighted by Gasteiger charge is 2.17. The number of hydrogen-bond acceptors (Lipinski definition) is 4. The number of carbonyl (C=O) groups excluding carboxylic acids is 1. The van der Waals surface area contributed by atoms with E-state index in [1.54, 1.807) is 14.0 Å². The van der Waals surface area contributed by atoms with E-state index in [1.165, 1.54) is 29.1 Å². The lowest BCUT2D eigenvalue weighted by Crippen LogP contribution is -2.16. The molecule has 1 N–H and O–H groups in total. The third-order valence-corrected chi connectivity index (χ3v) is 3.10. The normalized spacial score (nSPS) is 10.7. The van der Waals surface area contributed by atoms with Crippen molar-refractivity contribution in [3.8, 4) is 11.5 Å². The number of anilines is 1. The summed E-state index contributed by atoms with van der Waals surface area (Å²) in [6, 6.07) is 4.10. The fourth-order valence-electron chi connectivity index (χ4n) is 1.90. The minimum Gasteiger partial charge on any atom is -0.490 e. The number of rotatable bonds is 6. The van der Waals surface area contributed by atoms with Gasteiger partial charge in [0.15, 0.2) is 11.5 Å². The van der Waals surface area contributed by atoms with Gasteiger partial charge in [-0.1, -0.05) is 11.6 Å². The molecule has 0 radical (unpaired) electrons. The summed E-state index contributed by atoms with van der Waals surface area (Å²) in [4.78, 5) is 12.2. The van der Waals surface area contributed by atoms with Gasteiger partial charge in [-0.3, -0.25) is 9.48 Å². The second kappa shape index (κ2) is 7.28. The zero-order chi connectivity index (χ0) is 17.0. The van der Waals surface area contributed by atoms with Gasteiger partial charge in [-0.05, 0) is 19.1 Å². The number of ether oxygens (including phenoxy) is 2. The molecule has 1 aromatic carbocycles. The Morgan fingerprint density at radius 1 is 1.43 bits per heavy atom. The van der Waals surface area contributed by atoms with Crippen LogP contribution in [0.5, 0.6) is 11.5 Å². The van der Waals surface area contributed by atoms with Crippen molar-refractivity contribution in [1.29, 1.82) is 0 Å². The van der Waals surface area contributed by atoms with Gasteiger partial charge in [0.25, 0.3) is 5.91 Å². The maximum absolute atomic E-state index is 12.4. The lowest BCUT2D eigenvalue weighted by atomic mass is 10.2. The molecule has 0 atom stereocenters. The Balaban J connectivity index is 2.23. The molecule has 0 aliphatic heterocycles. The van der Waals surface area contributed by atoms with Gasteiger partial charge in [-0.15, -0.1) is 0 Å². The Hall–Kier alpha value is -2.35. The molecule has 23 heavy (non-hydrogen) atoms. The molecule has 0 bridgehead atoms. The van der Waals surface area contributed by atoms with Crippen LogP contribution in [0.15, 0.2) is 24.4 Å². The molecule has 1 heterocycles. The standard InChI is InChI=1S/C14H14ClF2N3O3/c1-3-22-11-6-8(4-5-10(11)23-14(16)17)19-13(21)12-9(15)7-18-20(12)2/h4-7,14H,3H2,1-2H3,(H,19,21). The zero-order valence-corrected chi connectivity index (χ0v) is 13.1. The smallest absolute Gasteiger partial charge is 0.387 e. The number of aryl methyl sites for hydroxylation is 1. The number of hydrogen-bond donors (Lipinski definition) is 1. The summed E-state index contributed by atoms with van der Waals surface area (Å²) < 4.78 is 35.6. The molecule has 9 heteroatoms. The third kappa shape index (κ3) is 4.10. The molecule has 2 aromatic rings. The van der Waals surface area contributed by atoms with E-state index >= 15 is 0 Å². The van der Waals surface area contributed by atoms with E-state index in [2.05, 4.69) is 15.2 Å². The van der Waals surface area contributed by atoms with Gasteiger partial charge in [0, 0.05) is 18.8 Å². The molecule has 124 valence electrons. The van der Waals surface area contributed by atoms with Crippen molar-refractivity contribution in [2.45, 2.75) is 13.5 Å². The number of amides is 1. The number of nitrogens with zero attached hydrogens (tertiary/aromatic N) is 2. The molecule has 0 fully saturated rings. The minimum atomic E-state index is -2.97. The number of carbonyl (C=O) groups is 1. The Labute approximate surface area is 135 Å². The first-order chi connectivity index (χ1) is 10.9. The second-order valence-electron chi connectivity index (χ2n) is 4.39. The van der Waals surface area contributed by atoms with E-state index in [9.17, 15) is 13.6 Å². The Morgan fingerprint density at radius 3 is 2.74 bits per heavy atom. The summed E-state index contributed by atoms with van der Waals surface area (Å²) >= 11 is 5.90. The average Bonchev–Trinajstić information content (AvgIpc) is 2.81. The molecule has 0 aliphatic rings. The Morgan fingerprint density at radius 2 is 2.17 bits per heavy atom. The molecular weight excluding hydrogens is 332 g/mol. The van der Waals surface area contributed by atoms with Gasteiger partial charge in [-0.2, -0.15) is 13.9 Å². The zero-order valence-electron chi connectivity index (χ0n) is 12.3. The fourth-order valence-corrected chi connectivity index (χ4v) is 2.16. The van der Waals surface area contributed by atoms with E-state index < -0.39 is 12.5 Å². The van der Waals surface area contributed by atoms with Crippen LogP contribution in [0, 0.1) is 0 Å². The highest BCUT2D eigenvalue weighted by Crippen LogP contribution is 2.32. The minimum absolute atomic E-state index is 0.0988. The molecule has 0 aliphatic carbocycles. The molecule has 2 rings (SSSR count). The summed E-state index contributed by atoms with van der Waals surface area (Å²) in [6.07, 6.45) is 1.35. The molecule has 0 spiro atoms. The van der Waals surface area contributed by atoms with Crippen LogP contribution in [0.1, 0.15) is 17.4 Å². The molecule has 6 nitrogen and oxygen atoms in total. The first kappa shape index (κ1) is 17.0. The van der Waals surface area contributed by atoms with Crippen molar-refractivity contribution in [1.82, 2.24) is 9.78 Å². The van der Waals surface area contributed by atoms with Crippen LogP contribution in [-0.2, 0) is 7.05 Å². The van der Waals surface area contributed by atoms with Crippen LogP contribution in [0.25, 0.3) is 0 Å². The van der Waals surface area contributed by atoms with Gasteiger partial charge in [0.1, 0.15) is 5.69 Å². The van der Waals surface area contributed by atoms with Crippen molar-refractivity contribution in [2.75, 3.05) is 11.9 Å². The van der Waals surface area contributed by atoms with Gasteiger partial charge < -0.3 is 14.8 Å². The maximum atomic E-state index is 12.4. The SMILES string of the molecule is CCOc1cc(NC(=O)c2c(Cl)cnn2C)ccc1OC(F)F. The van der Waals surface area contributed by atoms with Crippen LogP contribution < -0.4 is 14.8 Å². The summed E-state index contributed by atoms with van der Waals surface area (Å²) in [7, 11) is 1.58. The molecule has 1 aromatic heterocycles. The third-order valence-electron chi connectivity index (χ3n) is 2.83. The van der Waals surface area contributed by atoms with Crippen molar-refractivity contribution in [2.24, 2.45) is 7.05 Å². The van der Waals surface area contributed by atoms with Gasteiger partial charge >= 0.3 is 6.61 Å². The van der Waals surface area contributed by atoms with Gasteiger partial charge in [0.05, 0.1) is 17.8 Å². The van der Waals surface area contributed by atoms with E-state index in [1.807, 2.05) is 0 Å². The Bertz CT molecular complexity index is 687. The van der Waals surface area contributed by atoms with E-state index in [-0.39, 0.29) is 28.8 Å². The van der Waals surface area contributed by atoms with E-state index in [0.717, 1.165) is 0 Å². The summed E-state index contributed by atoms with van der Waals surface area (Å²) in [5.41, 5.74) is 0.523. The second-order valence-corrected chi connectivity index (χ2v) is 4.80. The average molecular weight is 346 g/mol. The molecular formula is C14H14ClF2N3O3.